The monoisotopic (exact) mass is 308 g/mol. The summed E-state index contributed by atoms with van der Waals surface area (Å²) in [4.78, 5) is 2.88. The van der Waals surface area contributed by atoms with E-state index in [0.717, 1.165) is 38.8 Å². The normalized spacial score (nSPS) is 11.1. The van der Waals surface area contributed by atoms with Crippen LogP contribution in [0.5, 0.6) is 0 Å². The zero-order valence-corrected chi connectivity index (χ0v) is 13.6. The Morgan fingerprint density at radius 3 is 2.30 bits per heavy atom. The summed E-state index contributed by atoms with van der Waals surface area (Å²) >= 11 is 3.73. The predicted octanol–water partition coefficient (Wildman–Crippen LogP) is 4.04. The van der Waals surface area contributed by atoms with Crippen molar-refractivity contribution in [3.05, 3.63) is 34.0 Å². The van der Waals surface area contributed by atoms with E-state index in [9.17, 15) is 0 Å². The molecule has 0 fully saturated rings. The zero-order chi connectivity index (χ0) is 14.2. The number of aryl methyl sites for hydroxylation is 1. The van der Waals surface area contributed by atoms with E-state index in [-0.39, 0.29) is 0 Å². The summed E-state index contributed by atoms with van der Waals surface area (Å²) < 4.78 is 0. The van der Waals surface area contributed by atoms with Crippen molar-refractivity contribution in [3.63, 3.8) is 0 Å². The molecule has 2 heterocycles. The fourth-order valence-corrected chi connectivity index (χ4v) is 4.48. The quantitative estimate of drug-likeness (QED) is 0.687. The molecule has 110 valence electrons. The predicted molar refractivity (Wildman–Crippen MR) is 91.6 cm³/mol. The SMILES string of the molecule is NCCCCc1csc(-c2cccs2)c1CCCCN. The molecule has 0 spiro atoms. The molecule has 2 nitrogen and oxygen atoms in total. The summed E-state index contributed by atoms with van der Waals surface area (Å²) in [6, 6.07) is 4.37. The summed E-state index contributed by atoms with van der Waals surface area (Å²) in [6.07, 6.45) is 6.94. The third kappa shape index (κ3) is 4.16. The van der Waals surface area contributed by atoms with E-state index in [1.807, 2.05) is 22.7 Å². The first-order valence-electron chi connectivity index (χ1n) is 7.40. The van der Waals surface area contributed by atoms with E-state index in [1.54, 1.807) is 5.56 Å². The number of hydrogen-bond donors (Lipinski definition) is 2. The average molecular weight is 309 g/mol. The van der Waals surface area contributed by atoms with Gasteiger partial charge in [0.2, 0.25) is 0 Å². The zero-order valence-electron chi connectivity index (χ0n) is 11.9. The van der Waals surface area contributed by atoms with Gasteiger partial charge in [0.15, 0.2) is 0 Å². The van der Waals surface area contributed by atoms with Crippen LogP contribution >= 0.6 is 22.7 Å². The molecule has 0 bridgehead atoms. The van der Waals surface area contributed by atoms with E-state index in [1.165, 1.54) is 28.2 Å². The molecule has 0 atom stereocenters. The number of hydrogen-bond acceptors (Lipinski definition) is 4. The summed E-state index contributed by atoms with van der Waals surface area (Å²) in [7, 11) is 0. The first-order valence-corrected chi connectivity index (χ1v) is 9.16. The van der Waals surface area contributed by atoms with E-state index < -0.39 is 0 Å². The van der Waals surface area contributed by atoms with Gasteiger partial charge in [-0.25, -0.2) is 0 Å². The van der Waals surface area contributed by atoms with Crippen LogP contribution in [-0.4, -0.2) is 13.1 Å². The van der Waals surface area contributed by atoms with Crippen LogP contribution < -0.4 is 11.5 Å². The lowest BCUT2D eigenvalue weighted by atomic mass is 9.99. The van der Waals surface area contributed by atoms with Gasteiger partial charge < -0.3 is 11.5 Å². The first-order chi connectivity index (χ1) is 9.86. The van der Waals surface area contributed by atoms with Crippen LogP contribution in [0, 0.1) is 0 Å². The third-order valence-corrected chi connectivity index (χ3v) is 5.63. The van der Waals surface area contributed by atoms with Crippen molar-refractivity contribution in [2.24, 2.45) is 11.5 Å². The maximum atomic E-state index is 5.63. The number of unbranched alkanes of at least 4 members (excludes halogenated alkanes) is 2. The molecule has 0 saturated heterocycles. The lowest BCUT2D eigenvalue weighted by molar-refractivity contribution is 0.721. The minimum atomic E-state index is 0.793. The maximum absolute atomic E-state index is 5.63. The summed E-state index contributed by atoms with van der Waals surface area (Å²) in [5, 5.41) is 4.51. The van der Waals surface area contributed by atoms with Crippen molar-refractivity contribution in [1.29, 1.82) is 0 Å². The third-order valence-electron chi connectivity index (χ3n) is 3.51. The molecule has 2 aromatic heterocycles. The fourth-order valence-electron chi connectivity index (χ4n) is 2.42. The highest BCUT2D eigenvalue weighted by Crippen LogP contribution is 2.37. The number of thiophene rings is 2. The van der Waals surface area contributed by atoms with Crippen LogP contribution in [0.15, 0.2) is 22.9 Å². The molecule has 4 N–H and O–H groups in total. The summed E-state index contributed by atoms with van der Waals surface area (Å²) in [6.45, 7) is 1.59. The van der Waals surface area contributed by atoms with E-state index >= 15 is 0 Å². The molecular weight excluding hydrogens is 284 g/mol. The first kappa shape index (κ1) is 15.7. The van der Waals surface area contributed by atoms with Crippen molar-refractivity contribution in [3.8, 4) is 9.75 Å². The Morgan fingerprint density at radius 1 is 0.900 bits per heavy atom. The smallest absolute Gasteiger partial charge is 0.0477 e. The lowest BCUT2D eigenvalue weighted by Gasteiger charge is -2.07. The molecule has 2 rings (SSSR count). The van der Waals surface area contributed by atoms with Gasteiger partial charge in [-0.05, 0) is 79.6 Å². The molecule has 4 heteroatoms. The molecule has 0 radical (unpaired) electrons. The minimum absolute atomic E-state index is 0.793. The average Bonchev–Trinajstić information content (AvgIpc) is 3.09. The number of nitrogens with two attached hydrogens (primary N) is 2. The van der Waals surface area contributed by atoms with Crippen LogP contribution in [0.1, 0.15) is 36.8 Å². The molecule has 0 aliphatic carbocycles. The van der Waals surface area contributed by atoms with Gasteiger partial charge in [0.1, 0.15) is 0 Å². The Hall–Kier alpha value is -0.680. The van der Waals surface area contributed by atoms with E-state index in [4.69, 9.17) is 11.5 Å². The Bertz CT molecular complexity index is 489. The van der Waals surface area contributed by atoms with Gasteiger partial charge in [-0.3, -0.25) is 0 Å². The number of rotatable bonds is 9. The van der Waals surface area contributed by atoms with Crippen molar-refractivity contribution < 1.29 is 0 Å². The highest BCUT2D eigenvalue weighted by atomic mass is 32.1. The molecule has 2 aromatic rings. The topological polar surface area (TPSA) is 52.0 Å². The highest BCUT2D eigenvalue weighted by Gasteiger charge is 2.13. The van der Waals surface area contributed by atoms with Crippen molar-refractivity contribution >= 4 is 22.7 Å². The van der Waals surface area contributed by atoms with Crippen LogP contribution in [0.4, 0.5) is 0 Å². The lowest BCUT2D eigenvalue weighted by Crippen LogP contribution is -2.01. The Labute approximate surface area is 129 Å². The second-order valence-electron chi connectivity index (χ2n) is 5.04. The van der Waals surface area contributed by atoms with Crippen molar-refractivity contribution in [2.45, 2.75) is 38.5 Å². The summed E-state index contributed by atoms with van der Waals surface area (Å²) in [5.41, 5.74) is 14.3. The van der Waals surface area contributed by atoms with Gasteiger partial charge in [0.25, 0.3) is 0 Å². The van der Waals surface area contributed by atoms with Gasteiger partial charge in [-0.2, -0.15) is 0 Å². The van der Waals surface area contributed by atoms with Crippen molar-refractivity contribution in [1.82, 2.24) is 0 Å². The standard InChI is InChI=1S/C16H24N2S2/c17-9-3-1-6-13-12-20-16(15-8-5-11-19-15)14(13)7-2-4-10-18/h5,8,11-12H,1-4,6-7,9-10,17-18H2. The second kappa shape index (κ2) is 8.57. The fraction of sp³-hybridized carbons (Fsp3) is 0.500. The molecule has 0 unspecified atom stereocenters. The van der Waals surface area contributed by atoms with Gasteiger partial charge in [-0.15, -0.1) is 22.7 Å². The van der Waals surface area contributed by atoms with Crippen LogP contribution in [-0.2, 0) is 12.8 Å². The van der Waals surface area contributed by atoms with E-state index in [0.29, 0.717) is 0 Å². The second-order valence-corrected chi connectivity index (χ2v) is 6.86. The molecule has 0 saturated carbocycles. The van der Waals surface area contributed by atoms with Crippen LogP contribution in [0.2, 0.25) is 0 Å². The molecule has 0 aliphatic rings. The molecule has 0 aliphatic heterocycles. The summed E-state index contributed by atoms with van der Waals surface area (Å²) in [5.74, 6) is 0. The Kier molecular flexibility index (Phi) is 6.73. The van der Waals surface area contributed by atoms with Crippen molar-refractivity contribution in [2.75, 3.05) is 13.1 Å². The Morgan fingerprint density at radius 2 is 1.65 bits per heavy atom. The largest absolute Gasteiger partial charge is 0.330 e. The van der Waals surface area contributed by atoms with Crippen LogP contribution in [0.25, 0.3) is 9.75 Å². The molecule has 20 heavy (non-hydrogen) atoms. The van der Waals surface area contributed by atoms with Crippen LogP contribution in [0.3, 0.4) is 0 Å². The van der Waals surface area contributed by atoms with Gasteiger partial charge in [0.05, 0.1) is 0 Å². The molecule has 0 amide bonds. The van der Waals surface area contributed by atoms with Gasteiger partial charge >= 0.3 is 0 Å². The maximum Gasteiger partial charge on any atom is 0.0477 e. The van der Waals surface area contributed by atoms with Gasteiger partial charge in [-0.1, -0.05) is 6.07 Å². The Balaban J connectivity index is 2.14. The minimum Gasteiger partial charge on any atom is -0.330 e. The van der Waals surface area contributed by atoms with Gasteiger partial charge in [0, 0.05) is 9.75 Å². The molecule has 0 aromatic carbocycles. The van der Waals surface area contributed by atoms with E-state index in [2.05, 4.69) is 22.9 Å². The highest BCUT2D eigenvalue weighted by molar-refractivity contribution is 7.20. The molecular formula is C16H24N2S2.